The Balaban J connectivity index is 2.63. The number of hydrogen-bond donors (Lipinski definition) is 0. The van der Waals surface area contributed by atoms with Gasteiger partial charge in [-0.2, -0.15) is 0 Å². The van der Waals surface area contributed by atoms with E-state index in [1.54, 1.807) is 0 Å². The van der Waals surface area contributed by atoms with Crippen molar-refractivity contribution in [2.75, 3.05) is 0 Å². The number of hydrogen-bond acceptors (Lipinski definition) is 0. The highest BCUT2D eigenvalue weighted by Crippen LogP contribution is 2.54. The van der Waals surface area contributed by atoms with Crippen LogP contribution in [0.5, 0.6) is 0 Å². The first kappa shape index (κ1) is 12.1. The van der Waals surface area contributed by atoms with Crippen LogP contribution in [-0.4, -0.2) is 0 Å². The van der Waals surface area contributed by atoms with E-state index in [0.29, 0.717) is 0 Å². The van der Waals surface area contributed by atoms with Crippen LogP contribution < -0.4 is 0 Å². The highest BCUT2D eigenvalue weighted by molar-refractivity contribution is 4.95. The van der Waals surface area contributed by atoms with Gasteiger partial charge in [0, 0.05) is 0 Å². The summed E-state index contributed by atoms with van der Waals surface area (Å²) >= 11 is 0. The summed E-state index contributed by atoms with van der Waals surface area (Å²) in [6.07, 6.45) is 5.58. The average molecular weight is 196 g/mol. The molecule has 0 heterocycles. The molecular formula is C14H28. The molecule has 0 aliphatic heterocycles. The average Bonchev–Trinajstić information content (AvgIpc) is 2.20. The van der Waals surface area contributed by atoms with E-state index in [0.717, 1.165) is 29.6 Å². The Labute approximate surface area is 90.5 Å². The van der Waals surface area contributed by atoms with E-state index in [1.165, 1.54) is 25.7 Å². The Morgan fingerprint density at radius 2 is 1.29 bits per heavy atom. The molecule has 1 rings (SSSR count). The fourth-order valence-corrected chi connectivity index (χ4v) is 4.01. The molecule has 0 radical (unpaired) electrons. The molecule has 1 fully saturated rings. The predicted octanol–water partition coefficient (Wildman–Crippen LogP) is 4.74. The third-order valence-corrected chi connectivity index (χ3v) is 4.88. The fourth-order valence-electron chi connectivity index (χ4n) is 4.01. The molecule has 0 spiro atoms. The maximum atomic E-state index is 2.47. The molecular weight excluding hydrogens is 168 g/mol. The van der Waals surface area contributed by atoms with Gasteiger partial charge in [-0.1, -0.05) is 60.3 Å². The Morgan fingerprint density at radius 1 is 0.857 bits per heavy atom. The normalized spacial score (nSPS) is 37.3. The minimum Gasteiger partial charge on any atom is -0.0651 e. The van der Waals surface area contributed by atoms with Gasteiger partial charge in [-0.3, -0.25) is 0 Å². The van der Waals surface area contributed by atoms with Gasteiger partial charge in [0.1, 0.15) is 0 Å². The van der Waals surface area contributed by atoms with E-state index >= 15 is 0 Å². The largest absolute Gasteiger partial charge is 0.0651 e. The molecule has 0 amide bonds. The lowest BCUT2D eigenvalue weighted by molar-refractivity contribution is -0.0567. The van der Waals surface area contributed by atoms with Gasteiger partial charge in [-0.15, -0.1) is 0 Å². The van der Waals surface area contributed by atoms with Crippen LogP contribution in [0.25, 0.3) is 0 Å². The van der Waals surface area contributed by atoms with Crippen LogP contribution in [0.1, 0.15) is 60.3 Å². The zero-order chi connectivity index (χ0) is 10.7. The quantitative estimate of drug-likeness (QED) is 0.595. The van der Waals surface area contributed by atoms with Crippen molar-refractivity contribution in [1.29, 1.82) is 0 Å². The van der Waals surface area contributed by atoms with Gasteiger partial charge in [0.2, 0.25) is 0 Å². The minimum absolute atomic E-state index is 0.996. The molecule has 14 heavy (non-hydrogen) atoms. The molecule has 1 aliphatic carbocycles. The SMILES string of the molecule is CCC(CC)C1C(CC)C(C)C1CC. The van der Waals surface area contributed by atoms with Gasteiger partial charge in [0.25, 0.3) is 0 Å². The number of rotatable bonds is 5. The predicted molar refractivity (Wildman–Crippen MR) is 64.3 cm³/mol. The standard InChI is InChI=1S/C14H28/c1-6-11(7-2)14-12(8-3)10(5)13(14)9-4/h10-14H,6-9H2,1-5H3. The summed E-state index contributed by atoms with van der Waals surface area (Å²) in [4.78, 5) is 0. The summed E-state index contributed by atoms with van der Waals surface area (Å²) in [5.41, 5.74) is 0. The Kier molecular flexibility index (Phi) is 4.47. The Morgan fingerprint density at radius 3 is 1.57 bits per heavy atom. The molecule has 1 saturated carbocycles. The molecule has 2 atom stereocenters. The van der Waals surface area contributed by atoms with E-state index in [4.69, 9.17) is 0 Å². The molecule has 0 N–H and O–H groups in total. The van der Waals surface area contributed by atoms with Crippen molar-refractivity contribution < 1.29 is 0 Å². The van der Waals surface area contributed by atoms with Crippen molar-refractivity contribution in [2.24, 2.45) is 29.6 Å². The third-order valence-electron chi connectivity index (χ3n) is 4.88. The first-order valence-electron chi connectivity index (χ1n) is 6.71. The van der Waals surface area contributed by atoms with Gasteiger partial charge >= 0.3 is 0 Å². The monoisotopic (exact) mass is 196 g/mol. The molecule has 84 valence electrons. The first-order chi connectivity index (χ1) is 6.71. The van der Waals surface area contributed by atoms with E-state index in [-0.39, 0.29) is 0 Å². The lowest BCUT2D eigenvalue weighted by atomic mass is 9.51. The highest BCUT2D eigenvalue weighted by atomic mass is 14.5. The molecule has 0 aromatic heterocycles. The lowest BCUT2D eigenvalue weighted by Gasteiger charge is -2.54. The summed E-state index contributed by atoms with van der Waals surface area (Å²) in [7, 11) is 0. The van der Waals surface area contributed by atoms with Gasteiger partial charge in [-0.05, 0) is 29.6 Å². The molecule has 0 aromatic rings. The van der Waals surface area contributed by atoms with E-state index in [1.807, 2.05) is 0 Å². The second kappa shape index (κ2) is 5.19. The van der Waals surface area contributed by atoms with Crippen molar-refractivity contribution in [1.82, 2.24) is 0 Å². The maximum Gasteiger partial charge on any atom is -0.0324 e. The smallest absolute Gasteiger partial charge is 0.0324 e. The second-order valence-corrected chi connectivity index (χ2v) is 5.16. The minimum atomic E-state index is 0.996. The molecule has 0 nitrogen and oxygen atoms in total. The van der Waals surface area contributed by atoms with E-state index < -0.39 is 0 Å². The van der Waals surface area contributed by atoms with E-state index in [9.17, 15) is 0 Å². The van der Waals surface area contributed by atoms with Crippen LogP contribution >= 0.6 is 0 Å². The fraction of sp³-hybridized carbons (Fsp3) is 1.00. The van der Waals surface area contributed by atoms with Crippen molar-refractivity contribution in [3.05, 3.63) is 0 Å². The molecule has 0 aromatic carbocycles. The summed E-state index contributed by atoms with van der Waals surface area (Å²) in [5.74, 6) is 5.11. The zero-order valence-corrected chi connectivity index (χ0v) is 10.7. The van der Waals surface area contributed by atoms with Crippen LogP contribution in [0.15, 0.2) is 0 Å². The van der Waals surface area contributed by atoms with Crippen molar-refractivity contribution in [3.8, 4) is 0 Å². The van der Waals surface area contributed by atoms with Crippen molar-refractivity contribution >= 4 is 0 Å². The maximum absolute atomic E-state index is 2.47. The Hall–Kier alpha value is 0. The topological polar surface area (TPSA) is 0 Å². The molecule has 0 heteroatoms. The Bertz CT molecular complexity index is 135. The van der Waals surface area contributed by atoms with Gasteiger partial charge in [0.05, 0.1) is 0 Å². The highest BCUT2D eigenvalue weighted by Gasteiger charge is 2.47. The molecule has 1 aliphatic rings. The van der Waals surface area contributed by atoms with Gasteiger partial charge in [0.15, 0.2) is 0 Å². The van der Waals surface area contributed by atoms with Crippen molar-refractivity contribution in [2.45, 2.75) is 60.3 Å². The lowest BCUT2D eigenvalue weighted by Crippen LogP contribution is -2.48. The van der Waals surface area contributed by atoms with Crippen LogP contribution in [0.4, 0.5) is 0 Å². The summed E-state index contributed by atoms with van der Waals surface area (Å²) in [6, 6.07) is 0. The third kappa shape index (κ3) is 1.85. The van der Waals surface area contributed by atoms with E-state index in [2.05, 4.69) is 34.6 Å². The summed E-state index contributed by atoms with van der Waals surface area (Å²) < 4.78 is 0. The molecule has 0 saturated heterocycles. The van der Waals surface area contributed by atoms with Crippen molar-refractivity contribution in [3.63, 3.8) is 0 Å². The van der Waals surface area contributed by atoms with Crippen LogP contribution in [-0.2, 0) is 0 Å². The zero-order valence-electron chi connectivity index (χ0n) is 10.7. The van der Waals surface area contributed by atoms with Crippen LogP contribution in [0.3, 0.4) is 0 Å². The van der Waals surface area contributed by atoms with Gasteiger partial charge < -0.3 is 0 Å². The summed E-state index contributed by atoms with van der Waals surface area (Å²) in [5, 5.41) is 0. The summed E-state index contributed by atoms with van der Waals surface area (Å²) in [6.45, 7) is 12.0. The second-order valence-electron chi connectivity index (χ2n) is 5.16. The van der Waals surface area contributed by atoms with Crippen LogP contribution in [0.2, 0.25) is 0 Å². The van der Waals surface area contributed by atoms with Gasteiger partial charge in [-0.25, -0.2) is 0 Å². The first-order valence-corrected chi connectivity index (χ1v) is 6.71. The van der Waals surface area contributed by atoms with Crippen LogP contribution in [0, 0.1) is 29.6 Å². The molecule has 2 unspecified atom stereocenters. The molecule has 0 bridgehead atoms.